The summed E-state index contributed by atoms with van der Waals surface area (Å²) in [5.41, 5.74) is 2.64. The lowest BCUT2D eigenvalue weighted by molar-refractivity contribution is -0.123. The van der Waals surface area contributed by atoms with E-state index in [0.717, 1.165) is 50.2 Å². The van der Waals surface area contributed by atoms with E-state index >= 15 is 0 Å². The minimum atomic E-state index is 0. The zero-order valence-corrected chi connectivity index (χ0v) is 17.8. The molecule has 1 saturated carbocycles. The summed E-state index contributed by atoms with van der Waals surface area (Å²) in [6, 6.07) is 18.4. The molecule has 0 aromatic heterocycles. The molecule has 0 radical (unpaired) electrons. The van der Waals surface area contributed by atoms with Crippen LogP contribution < -0.4 is 15.4 Å². The van der Waals surface area contributed by atoms with E-state index in [1.807, 2.05) is 30.3 Å². The maximum atomic E-state index is 12.5. The van der Waals surface area contributed by atoms with Gasteiger partial charge in [-0.2, -0.15) is 0 Å². The summed E-state index contributed by atoms with van der Waals surface area (Å²) < 4.78 is 5.85. The minimum Gasteiger partial charge on any atom is -0.489 e. The Morgan fingerprint density at radius 3 is 2.48 bits per heavy atom. The van der Waals surface area contributed by atoms with Crippen molar-refractivity contribution >= 4 is 18.3 Å². The van der Waals surface area contributed by atoms with Gasteiger partial charge in [-0.1, -0.05) is 49.4 Å². The molecule has 0 bridgehead atoms. The largest absolute Gasteiger partial charge is 0.489 e. The van der Waals surface area contributed by atoms with Crippen LogP contribution in [0, 0.1) is 11.3 Å². The molecule has 0 spiro atoms. The van der Waals surface area contributed by atoms with Crippen LogP contribution in [0.5, 0.6) is 5.75 Å². The van der Waals surface area contributed by atoms with Gasteiger partial charge in [0.05, 0.1) is 0 Å². The second-order valence-electron chi connectivity index (χ2n) is 8.57. The Morgan fingerprint density at radius 1 is 1.10 bits per heavy atom. The fourth-order valence-corrected chi connectivity index (χ4v) is 4.04. The minimum absolute atomic E-state index is 0. The average Bonchev–Trinajstić information content (AvgIpc) is 3.53. The summed E-state index contributed by atoms with van der Waals surface area (Å²) in [5.74, 6) is 1.56. The predicted octanol–water partition coefficient (Wildman–Crippen LogP) is 4.30. The molecule has 2 N–H and O–H groups in total. The van der Waals surface area contributed by atoms with Crippen LogP contribution in [0.15, 0.2) is 54.6 Å². The fraction of sp³-hybridized carbons (Fsp3) is 0.458. The van der Waals surface area contributed by atoms with Crippen molar-refractivity contribution in [1.29, 1.82) is 0 Å². The normalized spacial score (nSPS) is 22.2. The van der Waals surface area contributed by atoms with E-state index in [-0.39, 0.29) is 29.6 Å². The van der Waals surface area contributed by atoms with Gasteiger partial charge in [-0.3, -0.25) is 4.79 Å². The smallest absolute Gasteiger partial charge is 0.223 e. The summed E-state index contributed by atoms with van der Waals surface area (Å²) in [4.78, 5) is 12.5. The number of carbonyl (C=O) groups excluding carboxylic acids is 1. The van der Waals surface area contributed by atoms with Crippen LogP contribution in [-0.2, 0) is 11.4 Å². The van der Waals surface area contributed by atoms with Gasteiger partial charge in [0, 0.05) is 12.5 Å². The standard InChI is InChI=1S/C24H30N2O2.ClH/c1-24(11-13-25-14-12-24)17-26-23(27)22-15-21(22)19-7-9-20(10-8-19)28-16-18-5-3-2-4-6-18;/h2-10,21-22,25H,11-17H2,1H3,(H,26,27);1H. The molecule has 4 nitrogen and oxygen atoms in total. The highest BCUT2D eigenvalue weighted by atomic mass is 35.5. The Bertz CT molecular complexity index is 788. The van der Waals surface area contributed by atoms with Gasteiger partial charge < -0.3 is 15.4 Å². The number of piperidine rings is 1. The van der Waals surface area contributed by atoms with Crippen LogP contribution in [0.3, 0.4) is 0 Å². The lowest BCUT2D eigenvalue weighted by Crippen LogP contribution is -2.43. The monoisotopic (exact) mass is 414 g/mol. The number of hydrogen-bond acceptors (Lipinski definition) is 3. The SMILES string of the molecule is CC1(CNC(=O)C2CC2c2ccc(OCc3ccccc3)cc2)CCNCC1.Cl. The molecule has 2 aromatic carbocycles. The third kappa shape index (κ3) is 5.74. The summed E-state index contributed by atoms with van der Waals surface area (Å²) in [5, 5.41) is 6.60. The van der Waals surface area contributed by atoms with Crippen molar-refractivity contribution in [2.45, 2.75) is 38.7 Å². The van der Waals surface area contributed by atoms with Crippen LogP contribution in [0.2, 0.25) is 0 Å². The van der Waals surface area contributed by atoms with Crippen molar-refractivity contribution in [2.24, 2.45) is 11.3 Å². The first-order valence-electron chi connectivity index (χ1n) is 10.4. The first-order valence-corrected chi connectivity index (χ1v) is 10.4. The number of rotatable bonds is 7. The van der Waals surface area contributed by atoms with Crippen molar-refractivity contribution < 1.29 is 9.53 Å². The predicted molar refractivity (Wildman–Crippen MR) is 119 cm³/mol. The molecule has 1 aliphatic heterocycles. The number of hydrogen-bond donors (Lipinski definition) is 2. The third-order valence-electron chi connectivity index (χ3n) is 6.18. The van der Waals surface area contributed by atoms with Gasteiger partial charge in [0.2, 0.25) is 5.91 Å². The van der Waals surface area contributed by atoms with E-state index in [1.54, 1.807) is 0 Å². The van der Waals surface area contributed by atoms with Crippen LogP contribution in [-0.4, -0.2) is 25.5 Å². The van der Waals surface area contributed by atoms with E-state index in [0.29, 0.717) is 12.5 Å². The maximum absolute atomic E-state index is 12.5. The molecule has 1 heterocycles. The number of amides is 1. The summed E-state index contributed by atoms with van der Waals surface area (Å²) in [7, 11) is 0. The molecule has 5 heteroatoms. The second-order valence-corrected chi connectivity index (χ2v) is 8.57. The number of carbonyl (C=O) groups is 1. The number of halogens is 1. The molecule has 1 saturated heterocycles. The topological polar surface area (TPSA) is 50.4 Å². The molecule has 156 valence electrons. The highest BCUT2D eigenvalue weighted by Crippen LogP contribution is 2.48. The fourth-order valence-electron chi connectivity index (χ4n) is 4.04. The van der Waals surface area contributed by atoms with Gasteiger partial charge in [-0.25, -0.2) is 0 Å². The molecule has 4 rings (SSSR count). The van der Waals surface area contributed by atoms with Crippen LogP contribution in [0.25, 0.3) is 0 Å². The third-order valence-corrected chi connectivity index (χ3v) is 6.18. The molecule has 2 atom stereocenters. The average molecular weight is 415 g/mol. The molecular formula is C24H31ClN2O2. The quantitative estimate of drug-likeness (QED) is 0.710. The maximum Gasteiger partial charge on any atom is 0.223 e. The van der Waals surface area contributed by atoms with Crippen molar-refractivity contribution in [1.82, 2.24) is 10.6 Å². The van der Waals surface area contributed by atoms with Crippen molar-refractivity contribution in [3.63, 3.8) is 0 Å². The van der Waals surface area contributed by atoms with E-state index < -0.39 is 0 Å². The molecule has 2 fully saturated rings. The van der Waals surface area contributed by atoms with Crippen LogP contribution in [0.4, 0.5) is 0 Å². The molecule has 2 aromatic rings. The van der Waals surface area contributed by atoms with Gasteiger partial charge in [0.15, 0.2) is 0 Å². The summed E-state index contributed by atoms with van der Waals surface area (Å²) in [6.07, 6.45) is 3.21. The number of ether oxygens (including phenoxy) is 1. The van der Waals surface area contributed by atoms with Crippen molar-refractivity contribution in [3.05, 3.63) is 65.7 Å². The zero-order chi connectivity index (χ0) is 19.4. The van der Waals surface area contributed by atoms with Crippen molar-refractivity contribution in [3.8, 4) is 5.75 Å². The van der Waals surface area contributed by atoms with Gasteiger partial charge >= 0.3 is 0 Å². The Kier molecular flexibility index (Phi) is 7.20. The molecule has 2 aliphatic rings. The van der Waals surface area contributed by atoms with Crippen LogP contribution >= 0.6 is 12.4 Å². The Morgan fingerprint density at radius 2 is 1.79 bits per heavy atom. The zero-order valence-electron chi connectivity index (χ0n) is 17.0. The Balaban J connectivity index is 0.00000240. The highest BCUT2D eigenvalue weighted by molar-refractivity contribution is 5.85. The van der Waals surface area contributed by atoms with Crippen LogP contribution in [0.1, 0.15) is 43.2 Å². The lowest BCUT2D eigenvalue weighted by Gasteiger charge is -2.34. The van der Waals surface area contributed by atoms with Gasteiger partial charge in [-0.15, -0.1) is 12.4 Å². The van der Waals surface area contributed by atoms with Gasteiger partial charge in [0.1, 0.15) is 12.4 Å². The van der Waals surface area contributed by atoms with E-state index in [9.17, 15) is 4.79 Å². The molecule has 2 unspecified atom stereocenters. The van der Waals surface area contributed by atoms with E-state index in [1.165, 1.54) is 5.56 Å². The molecular weight excluding hydrogens is 384 g/mol. The summed E-state index contributed by atoms with van der Waals surface area (Å²) >= 11 is 0. The summed E-state index contributed by atoms with van der Waals surface area (Å²) in [6.45, 7) is 5.76. The van der Waals surface area contributed by atoms with E-state index in [4.69, 9.17) is 4.74 Å². The van der Waals surface area contributed by atoms with Gasteiger partial charge in [-0.05, 0) is 66.9 Å². The molecule has 29 heavy (non-hydrogen) atoms. The first-order chi connectivity index (χ1) is 13.6. The van der Waals surface area contributed by atoms with Gasteiger partial charge in [0.25, 0.3) is 0 Å². The molecule has 1 aliphatic carbocycles. The Hall–Kier alpha value is -2.04. The second kappa shape index (κ2) is 9.64. The Labute approximate surface area is 179 Å². The highest BCUT2D eigenvalue weighted by Gasteiger charge is 2.44. The molecule has 1 amide bonds. The lowest BCUT2D eigenvalue weighted by atomic mass is 9.81. The van der Waals surface area contributed by atoms with Crippen molar-refractivity contribution in [2.75, 3.05) is 19.6 Å². The number of benzene rings is 2. The van der Waals surface area contributed by atoms with E-state index in [2.05, 4.69) is 41.8 Å². The number of nitrogens with one attached hydrogen (secondary N) is 2. The first kappa shape index (κ1) is 21.7.